The molecule has 0 aliphatic heterocycles. The second-order valence-electron chi connectivity index (χ2n) is 5.63. The predicted molar refractivity (Wildman–Crippen MR) is 94.2 cm³/mol. The Morgan fingerprint density at radius 1 is 1.20 bits per heavy atom. The van der Waals surface area contributed by atoms with E-state index in [2.05, 4.69) is 15.6 Å². The molecule has 132 valence electrons. The standard InChI is InChI=1S/C17H19N3O4S/c1-11(2)8-18-17(23)20-14(21)9-24-16(22)13-10-25-15(19-13)12-6-4-3-5-7-12/h3-7,10-11H,8-9H2,1-2H3,(H2,18,20,21,23). The van der Waals surface area contributed by atoms with Gasteiger partial charge in [-0.1, -0.05) is 44.2 Å². The van der Waals surface area contributed by atoms with Crippen LogP contribution in [0.25, 0.3) is 10.6 Å². The van der Waals surface area contributed by atoms with Crippen molar-refractivity contribution >= 4 is 29.2 Å². The van der Waals surface area contributed by atoms with Crippen LogP contribution in [0.1, 0.15) is 24.3 Å². The molecule has 1 heterocycles. The normalized spacial score (nSPS) is 10.4. The summed E-state index contributed by atoms with van der Waals surface area (Å²) in [6.45, 7) is 3.76. The summed E-state index contributed by atoms with van der Waals surface area (Å²) in [6.07, 6.45) is 0. The number of thiazole rings is 1. The number of nitrogens with zero attached hydrogens (tertiary/aromatic N) is 1. The maximum absolute atomic E-state index is 11.9. The van der Waals surface area contributed by atoms with Crippen molar-refractivity contribution in [1.82, 2.24) is 15.6 Å². The summed E-state index contributed by atoms with van der Waals surface area (Å²) in [5.74, 6) is -1.15. The molecule has 25 heavy (non-hydrogen) atoms. The lowest BCUT2D eigenvalue weighted by atomic mass is 10.2. The molecule has 8 heteroatoms. The first kappa shape index (κ1) is 18.6. The number of hydrogen-bond donors (Lipinski definition) is 2. The van der Waals surface area contributed by atoms with Crippen molar-refractivity contribution in [2.75, 3.05) is 13.2 Å². The number of amides is 3. The molecule has 0 spiro atoms. The third kappa shape index (κ3) is 6.00. The molecule has 0 radical (unpaired) electrons. The molecule has 3 amide bonds. The molecule has 2 rings (SSSR count). The lowest BCUT2D eigenvalue weighted by molar-refractivity contribution is -0.123. The molecular formula is C17H19N3O4S. The molecule has 2 N–H and O–H groups in total. The predicted octanol–water partition coefficient (Wildman–Crippen LogP) is 2.45. The topological polar surface area (TPSA) is 97.4 Å². The largest absolute Gasteiger partial charge is 0.451 e. The summed E-state index contributed by atoms with van der Waals surface area (Å²) >= 11 is 1.31. The quantitative estimate of drug-likeness (QED) is 0.770. The molecule has 0 aliphatic rings. The van der Waals surface area contributed by atoms with E-state index < -0.39 is 24.5 Å². The van der Waals surface area contributed by atoms with Crippen molar-refractivity contribution in [3.05, 3.63) is 41.4 Å². The first-order valence-electron chi connectivity index (χ1n) is 7.71. The first-order valence-corrected chi connectivity index (χ1v) is 8.59. The minimum atomic E-state index is -0.712. The summed E-state index contributed by atoms with van der Waals surface area (Å²) < 4.78 is 4.88. The second-order valence-corrected chi connectivity index (χ2v) is 6.49. The lowest BCUT2D eigenvalue weighted by Crippen LogP contribution is -2.42. The van der Waals surface area contributed by atoms with Gasteiger partial charge in [-0.15, -0.1) is 11.3 Å². The Hall–Kier alpha value is -2.74. The van der Waals surface area contributed by atoms with E-state index in [0.29, 0.717) is 11.6 Å². The minimum Gasteiger partial charge on any atom is -0.451 e. The molecule has 0 saturated heterocycles. The highest BCUT2D eigenvalue weighted by Gasteiger charge is 2.16. The van der Waals surface area contributed by atoms with Crippen LogP contribution in [0, 0.1) is 5.92 Å². The lowest BCUT2D eigenvalue weighted by Gasteiger charge is -2.08. The van der Waals surface area contributed by atoms with Gasteiger partial charge in [-0.3, -0.25) is 10.1 Å². The van der Waals surface area contributed by atoms with Gasteiger partial charge in [0.2, 0.25) is 0 Å². The number of benzene rings is 1. The molecule has 1 aromatic heterocycles. The fourth-order valence-electron chi connectivity index (χ4n) is 1.79. The van der Waals surface area contributed by atoms with E-state index in [1.807, 2.05) is 44.2 Å². The van der Waals surface area contributed by atoms with Gasteiger partial charge in [-0.25, -0.2) is 14.6 Å². The van der Waals surface area contributed by atoms with Crippen molar-refractivity contribution in [2.45, 2.75) is 13.8 Å². The molecule has 1 aromatic carbocycles. The number of urea groups is 1. The SMILES string of the molecule is CC(C)CNC(=O)NC(=O)COC(=O)c1csc(-c2ccccc2)n1. The Morgan fingerprint density at radius 3 is 2.60 bits per heavy atom. The number of aromatic nitrogens is 1. The van der Waals surface area contributed by atoms with Crippen LogP contribution in [-0.4, -0.2) is 36.0 Å². The highest BCUT2D eigenvalue weighted by molar-refractivity contribution is 7.13. The van der Waals surface area contributed by atoms with Crippen LogP contribution in [0.2, 0.25) is 0 Å². The molecule has 2 aromatic rings. The monoisotopic (exact) mass is 361 g/mol. The summed E-state index contributed by atoms with van der Waals surface area (Å²) in [7, 11) is 0. The fraction of sp³-hybridized carbons (Fsp3) is 0.294. The molecule has 0 saturated carbocycles. The number of imide groups is 1. The van der Waals surface area contributed by atoms with Crippen molar-refractivity contribution in [3.8, 4) is 10.6 Å². The van der Waals surface area contributed by atoms with Gasteiger partial charge in [0, 0.05) is 17.5 Å². The van der Waals surface area contributed by atoms with Gasteiger partial charge in [-0.05, 0) is 5.92 Å². The van der Waals surface area contributed by atoms with Crippen molar-refractivity contribution in [2.24, 2.45) is 5.92 Å². The summed E-state index contributed by atoms with van der Waals surface area (Å²) in [4.78, 5) is 39.2. The summed E-state index contributed by atoms with van der Waals surface area (Å²) in [5.41, 5.74) is 1.02. The Labute approximate surface area is 149 Å². The Morgan fingerprint density at radius 2 is 1.92 bits per heavy atom. The van der Waals surface area contributed by atoms with Crippen LogP contribution < -0.4 is 10.6 Å². The number of hydrogen-bond acceptors (Lipinski definition) is 6. The van der Waals surface area contributed by atoms with E-state index in [4.69, 9.17) is 4.74 Å². The third-order valence-corrected chi connectivity index (χ3v) is 3.88. The van der Waals surface area contributed by atoms with Gasteiger partial charge in [0.15, 0.2) is 12.3 Å². The van der Waals surface area contributed by atoms with Gasteiger partial charge >= 0.3 is 12.0 Å². The zero-order valence-corrected chi connectivity index (χ0v) is 14.8. The van der Waals surface area contributed by atoms with Gasteiger partial charge in [0.1, 0.15) is 5.01 Å². The first-order chi connectivity index (χ1) is 12.0. The highest BCUT2D eigenvalue weighted by atomic mass is 32.1. The van der Waals surface area contributed by atoms with E-state index in [1.54, 1.807) is 5.38 Å². The van der Waals surface area contributed by atoms with Crippen LogP contribution in [-0.2, 0) is 9.53 Å². The zero-order valence-electron chi connectivity index (χ0n) is 13.9. The van der Waals surface area contributed by atoms with Crippen LogP contribution in [0.15, 0.2) is 35.7 Å². The number of ether oxygens (including phenoxy) is 1. The molecule has 0 unspecified atom stereocenters. The van der Waals surface area contributed by atoms with Gasteiger partial charge in [0.25, 0.3) is 5.91 Å². The van der Waals surface area contributed by atoms with E-state index in [1.165, 1.54) is 11.3 Å². The van der Waals surface area contributed by atoms with E-state index in [0.717, 1.165) is 5.56 Å². The number of carbonyl (C=O) groups is 3. The molecule has 0 aliphatic carbocycles. The number of esters is 1. The summed E-state index contributed by atoms with van der Waals surface area (Å²) in [5, 5.41) is 6.87. The fourth-order valence-corrected chi connectivity index (χ4v) is 2.58. The van der Waals surface area contributed by atoms with Crippen molar-refractivity contribution < 1.29 is 19.1 Å². The van der Waals surface area contributed by atoms with Gasteiger partial charge in [0.05, 0.1) is 0 Å². The highest BCUT2D eigenvalue weighted by Crippen LogP contribution is 2.23. The van der Waals surface area contributed by atoms with Crippen LogP contribution in [0.3, 0.4) is 0 Å². The van der Waals surface area contributed by atoms with E-state index >= 15 is 0 Å². The van der Waals surface area contributed by atoms with Crippen molar-refractivity contribution in [1.29, 1.82) is 0 Å². The van der Waals surface area contributed by atoms with Crippen molar-refractivity contribution in [3.63, 3.8) is 0 Å². The molecule has 0 fully saturated rings. The van der Waals surface area contributed by atoms with E-state index in [9.17, 15) is 14.4 Å². The average Bonchev–Trinajstić information content (AvgIpc) is 3.09. The Balaban J connectivity index is 1.81. The Kier molecular flexibility index (Phi) is 6.64. The van der Waals surface area contributed by atoms with Crippen LogP contribution in [0.5, 0.6) is 0 Å². The second kappa shape index (κ2) is 8.93. The smallest absolute Gasteiger partial charge is 0.358 e. The van der Waals surface area contributed by atoms with Crippen LogP contribution >= 0.6 is 11.3 Å². The van der Waals surface area contributed by atoms with Crippen LogP contribution in [0.4, 0.5) is 4.79 Å². The number of nitrogens with one attached hydrogen (secondary N) is 2. The number of carbonyl (C=O) groups excluding carboxylic acids is 3. The molecule has 7 nitrogen and oxygen atoms in total. The van der Waals surface area contributed by atoms with Gasteiger partial charge in [-0.2, -0.15) is 0 Å². The summed E-state index contributed by atoms with van der Waals surface area (Å²) in [6, 6.07) is 8.80. The molecule has 0 bridgehead atoms. The Bertz CT molecular complexity index is 743. The van der Waals surface area contributed by atoms with Gasteiger partial charge < -0.3 is 10.1 Å². The average molecular weight is 361 g/mol. The maximum Gasteiger partial charge on any atom is 0.358 e. The number of rotatable bonds is 6. The zero-order chi connectivity index (χ0) is 18.2. The van der Waals surface area contributed by atoms with E-state index in [-0.39, 0.29) is 11.6 Å². The molecule has 0 atom stereocenters. The molecular weight excluding hydrogens is 342 g/mol. The maximum atomic E-state index is 11.9. The third-order valence-electron chi connectivity index (χ3n) is 2.99. The minimum absolute atomic E-state index is 0.126.